The zero-order chi connectivity index (χ0) is 21.5. The SMILES string of the molecule is CN=C(NCC1(c2ccc(OC)cc2)CCOCC1)NCC(C)(C)N1CCOCC1. The van der Waals surface area contributed by atoms with Gasteiger partial charge >= 0.3 is 0 Å². The van der Waals surface area contributed by atoms with Crippen molar-refractivity contribution in [2.75, 3.05) is 66.8 Å². The van der Waals surface area contributed by atoms with Gasteiger partial charge in [-0.15, -0.1) is 0 Å². The molecule has 0 saturated carbocycles. The zero-order valence-electron chi connectivity index (χ0n) is 19.0. The van der Waals surface area contributed by atoms with Crippen LogP contribution in [-0.4, -0.2) is 83.2 Å². The van der Waals surface area contributed by atoms with E-state index in [1.165, 1.54) is 5.56 Å². The van der Waals surface area contributed by atoms with Crippen molar-refractivity contribution in [3.05, 3.63) is 29.8 Å². The van der Waals surface area contributed by atoms with Gasteiger partial charge in [0, 0.05) is 57.4 Å². The number of aliphatic imine (C=N–C) groups is 1. The van der Waals surface area contributed by atoms with E-state index in [9.17, 15) is 0 Å². The van der Waals surface area contributed by atoms with Crippen LogP contribution >= 0.6 is 0 Å². The molecule has 2 aliphatic rings. The lowest BCUT2D eigenvalue weighted by molar-refractivity contribution is -0.00835. The van der Waals surface area contributed by atoms with Gasteiger partial charge in [-0.1, -0.05) is 12.1 Å². The summed E-state index contributed by atoms with van der Waals surface area (Å²) in [5, 5.41) is 7.13. The molecule has 2 aliphatic heterocycles. The molecule has 2 fully saturated rings. The Morgan fingerprint density at radius 3 is 2.30 bits per heavy atom. The molecule has 0 bridgehead atoms. The molecular formula is C23H38N4O3. The molecule has 2 heterocycles. The van der Waals surface area contributed by atoms with Crippen molar-refractivity contribution in [1.29, 1.82) is 0 Å². The average molecular weight is 419 g/mol. The molecule has 3 rings (SSSR count). The summed E-state index contributed by atoms with van der Waals surface area (Å²) in [5.74, 6) is 1.73. The second-order valence-electron chi connectivity index (χ2n) is 8.81. The van der Waals surface area contributed by atoms with E-state index in [1.807, 2.05) is 19.2 Å². The first-order valence-electron chi connectivity index (χ1n) is 11.0. The third kappa shape index (κ3) is 5.65. The number of rotatable bonds is 7. The number of nitrogens with zero attached hydrogens (tertiary/aromatic N) is 2. The molecule has 1 aromatic rings. The first-order valence-corrected chi connectivity index (χ1v) is 11.0. The third-order valence-electron chi connectivity index (χ3n) is 6.53. The fraction of sp³-hybridized carbons (Fsp3) is 0.696. The number of ether oxygens (including phenoxy) is 3. The predicted octanol–water partition coefficient (Wildman–Crippen LogP) is 2.02. The number of hydrogen-bond donors (Lipinski definition) is 2. The zero-order valence-corrected chi connectivity index (χ0v) is 19.0. The van der Waals surface area contributed by atoms with Gasteiger partial charge < -0.3 is 24.8 Å². The van der Waals surface area contributed by atoms with Gasteiger partial charge in [-0.2, -0.15) is 0 Å². The molecule has 168 valence electrons. The third-order valence-corrected chi connectivity index (χ3v) is 6.53. The van der Waals surface area contributed by atoms with E-state index in [2.05, 4.69) is 46.5 Å². The van der Waals surface area contributed by atoms with Crippen molar-refractivity contribution in [1.82, 2.24) is 15.5 Å². The van der Waals surface area contributed by atoms with Crippen molar-refractivity contribution >= 4 is 5.96 Å². The first-order chi connectivity index (χ1) is 14.5. The number of nitrogens with one attached hydrogen (secondary N) is 2. The minimum Gasteiger partial charge on any atom is -0.497 e. The maximum atomic E-state index is 5.67. The topological polar surface area (TPSA) is 67.4 Å². The Labute approximate surface area is 181 Å². The quantitative estimate of drug-likeness (QED) is 0.522. The molecule has 2 saturated heterocycles. The van der Waals surface area contributed by atoms with E-state index in [1.54, 1.807) is 7.11 Å². The van der Waals surface area contributed by atoms with Gasteiger partial charge in [0.2, 0.25) is 0 Å². The lowest BCUT2D eigenvalue weighted by Crippen LogP contribution is -2.57. The molecule has 2 N–H and O–H groups in total. The van der Waals surface area contributed by atoms with E-state index in [0.29, 0.717) is 0 Å². The molecule has 30 heavy (non-hydrogen) atoms. The Balaban J connectivity index is 1.61. The standard InChI is InChI=1S/C23H38N4O3/c1-22(2,27-11-15-30-16-12-27)17-25-21(24-3)26-18-23(9-13-29-14-10-23)19-5-7-20(28-4)8-6-19/h5-8H,9-18H2,1-4H3,(H2,24,25,26). The van der Waals surface area contributed by atoms with Crippen molar-refractivity contribution in [3.8, 4) is 5.75 Å². The van der Waals surface area contributed by atoms with Crippen LogP contribution in [0.25, 0.3) is 0 Å². The smallest absolute Gasteiger partial charge is 0.191 e. The lowest BCUT2D eigenvalue weighted by atomic mass is 9.74. The number of guanidine groups is 1. The van der Waals surface area contributed by atoms with E-state index < -0.39 is 0 Å². The fourth-order valence-corrected chi connectivity index (χ4v) is 4.33. The Bertz CT molecular complexity index is 678. The summed E-state index contributed by atoms with van der Waals surface area (Å²) in [6, 6.07) is 8.46. The maximum absolute atomic E-state index is 5.67. The molecule has 0 aromatic heterocycles. The van der Waals surface area contributed by atoms with Crippen LogP contribution in [0.3, 0.4) is 0 Å². The summed E-state index contributed by atoms with van der Waals surface area (Å²) >= 11 is 0. The minimum absolute atomic E-state index is 0.0296. The number of hydrogen-bond acceptors (Lipinski definition) is 5. The fourth-order valence-electron chi connectivity index (χ4n) is 4.33. The summed E-state index contributed by atoms with van der Waals surface area (Å²) < 4.78 is 16.5. The number of benzene rings is 1. The van der Waals surface area contributed by atoms with E-state index in [-0.39, 0.29) is 11.0 Å². The molecule has 7 nitrogen and oxygen atoms in total. The molecule has 0 aliphatic carbocycles. The van der Waals surface area contributed by atoms with Crippen molar-refractivity contribution in [2.45, 2.75) is 37.6 Å². The highest BCUT2D eigenvalue weighted by molar-refractivity contribution is 5.79. The Kier molecular flexibility index (Phi) is 7.97. The van der Waals surface area contributed by atoms with Gasteiger partial charge in [0.15, 0.2) is 5.96 Å². The second kappa shape index (κ2) is 10.5. The van der Waals surface area contributed by atoms with E-state index >= 15 is 0 Å². The maximum Gasteiger partial charge on any atom is 0.191 e. The van der Waals surface area contributed by atoms with Crippen LogP contribution in [0.2, 0.25) is 0 Å². The highest BCUT2D eigenvalue weighted by Crippen LogP contribution is 2.35. The number of methoxy groups -OCH3 is 1. The van der Waals surface area contributed by atoms with Crippen molar-refractivity contribution in [2.24, 2.45) is 4.99 Å². The van der Waals surface area contributed by atoms with Gasteiger partial charge in [-0.25, -0.2) is 0 Å². The first kappa shape index (κ1) is 22.8. The summed E-state index contributed by atoms with van der Waals surface area (Å²) in [6.45, 7) is 11.3. The summed E-state index contributed by atoms with van der Waals surface area (Å²) in [6.07, 6.45) is 1.98. The average Bonchev–Trinajstić information content (AvgIpc) is 2.80. The van der Waals surface area contributed by atoms with Crippen LogP contribution in [0, 0.1) is 0 Å². The van der Waals surface area contributed by atoms with Gasteiger partial charge in [0.25, 0.3) is 0 Å². The van der Waals surface area contributed by atoms with Gasteiger partial charge in [-0.3, -0.25) is 9.89 Å². The molecule has 0 unspecified atom stereocenters. The monoisotopic (exact) mass is 418 g/mol. The predicted molar refractivity (Wildman–Crippen MR) is 121 cm³/mol. The van der Waals surface area contributed by atoms with Crippen molar-refractivity contribution < 1.29 is 14.2 Å². The molecular weight excluding hydrogens is 380 g/mol. The molecule has 0 radical (unpaired) electrons. The normalized spacial score (nSPS) is 20.6. The molecule has 0 atom stereocenters. The van der Waals surface area contributed by atoms with Crippen LogP contribution in [-0.2, 0) is 14.9 Å². The Morgan fingerprint density at radius 2 is 1.70 bits per heavy atom. The van der Waals surface area contributed by atoms with Gasteiger partial charge in [0.1, 0.15) is 5.75 Å². The van der Waals surface area contributed by atoms with Crippen LogP contribution in [0.4, 0.5) is 0 Å². The number of morpholine rings is 1. The molecule has 7 heteroatoms. The van der Waals surface area contributed by atoms with E-state index in [0.717, 1.165) is 77.2 Å². The largest absolute Gasteiger partial charge is 0.497 e. The highest BCUT2D eigenvalue weighted by atomic mass is 16.5. The molecule has 0 amide bonds. The van der Waals surface area contributed by atoms with Crippen molar-refractivity contribution in [3.63, 3.8) is 0 Å². The van der Waals surface area contributed by atoms with Crippen LogP contribution < -0.4 is 15.4 Å². The Hall–Kier alpha value is -1.83. The van der Waals surface area contributed by atoms with Crippen LogP contribution in [0.1, 0.15) is 32.3 Å². The molecule has 0 spiro atoms. The van der Waals surface area contributed by atoms with Gasteiger partial charge in [0.05, 0.1) is 20.3 Å². The van der Waals surface area contributed by atoms with Gasteiger partial charge in [-0.05, 0) is 44.4 Å². The minimum atomic E-state index is 0.0296. The highest BCUT2D eigenvalue weighted by Gasteiger charge is 2.35. The second-order valence-corrected chi connectivity index (χ2v) is 8.81. The lowest BCUT2D eigenvalue weighted by Gasteiger charge is -2.41. The summed E-state index contributed by atoms with van der Waals surface area (Å²) in [7, 11) is 3.54. The Morgan fingerprint density at radius 1 is 1.07 bits per heavy atom. The summed E-state index contributed by atoms with van der Waals surface area (Å²) in [4.78, 5) is 6.95. The van der Waals surface area contributed by atoms with Crippen LogP contribution in [0.15, 0.2) is 29.3 Å². The molecule has 1 aromatic carbocycles. The summed E-state index contributed by atoms with van der Waals surface area (Å²) in [5.41, 5.74) is 1.39. The van der Waals surface area contributed by atoms with E-state index in [4.69, 9.17) is 14.2 Å². The van der Waals surface area contributed by atoms with Crippen LogP contribution in [0.5, 0.6) is 5.75 Å².